The summed E-state index contributed by atoms with van der Waals surface area (Å²) in [5.41, 5.74) is 2.50. The molecule has 0 saturated heterocycles. The van der Waals surface area contributed by atoms with Gasteiger partial charge in [-0.05, 0) is 44.0 Å². The van der Waals surface area contributed by atoms with E-state index in [0.717, 1.165) is 29.4 Å². The minimum absolute atomic E-state index is 0.0839. The van der Waals surface area contributed by atoms with E-state index in [1.54, 1.807) is 29.6 Å². The molecule has 144 valence electrons. The first kappa shape index (κ1) is 18.1. The zero-order valence-electron chi connectivity index (χ0n) is 15.7. The molecular formula is C20H21N5O3. The van der Waals surface area contributed by atoms with Gasteiger partial charge in [-0.3, -0.25) is 14.6 Å². The Morgan fingerprint density at radius 1 is 1.29 bits per heavy atom. The maximum atomic E-state index is 13.1. The van der Waals surface area contributed by atoms with Crippen LogP contribution in [-0.4, -0.2) is 54.4 Å². The minimum Gasteiger partial charge on any atom is -0.481 e. The van der Waals surface area contributed by atoms with Crippen LogP contribution >= 0.6 is 0 Å². The van der Waals surface area contributed by atoms with Gasteiger partial charge in [-0.1, -0.05) is 18.2 Å². The van der Waals surface area contributed by atoms with Gasteiger partial charge < -0.3 is 10.0 Å². The highest BCUT2D eigenvalue weighted by Gasteiger charge is 2.36. The SMILES string of the molecule is Cc1c(C(=O)N(CC(C)C(=O)O)C2CC2)nnn1-c1cccc2ncccc12. The monoisotopic (exact) mass is 379 g/mol. The number of carboxylic acids is 1. The number of hydrogen-bond acceptors (Lipinski definition) is 5. The van der Waals surface area contributed by atoms with Crippen LogP contribution in [-0.2, 0) is 4.79 Å². The van der Waals surface area contributed by atoms with Crippen molar-refractivity contribution in [1.82, 2.24) is 24.9 Å². The summed E-state index contributed by atoms with van der Waals surface area (Å²) in [5, 5.41) is 18.5. The Bertz CT molecular complexity index is 1050. The first-order chi connectivity index (χ1) is 13.5. The van der Waals surface area contributed by atoms with E-state index in [-0.39, 0.29) is 24.2 Å². The van der Waals surface area contributed by atoms with Gasteiger partial charge in [-0.2, -0.15) is 0 Å². The third kappa shape index (κ3) is 3.21. The summed E-state index contributed by atoms with van der Waals surface area (Å²) in [6.45, 7) is 3.58. The van der Waals surface area contributed by atoms with Crippen LogP contribution in [0.5, 0.6) is 0 Å². The molecule has 28 heavy (non-hydrogen) atoms. The van der Waals surface area contributed by atoms with Gasteiger partial charge in [0.2, 0.25) is 0 Å². The van der Waals surface area contributed by atoms with Crippen molar-refractivity contribution in [3.05, 3.63) is 47.9 Å². The highest BCUT2D eigenvalue weighted by Crippen LogP contribution is 2.30. The lowest BCUT2D eigenvalue weighted by Gasteiger charge is -2.23. The third-order valence-corrected chi connectivity index (χ3v) is 5.09. The summed E-state index contributed by atoms with van der Waals surface area (Å²) in [5.74, 6) is -1.82. The molecular weight excluding hydrogens is 358 g/mol. The molecule has 1 unspecified atom stereocenters. The smallest absolute Gasteiger partial charge is 0.308 e. The fraction of sp³-hybridized carbons (Fsp3) is 0.350. The molecule has 3 aromatic rings. The zero-order chi connectivity index (χ0) is 19.8. The lowest BCUT2D eigenvalue weighted by Crippen LogP contribution is -2.39. The molecule has 1 aliphatic carbocycles. The highest BCUT2D eigenvalue weighted by molar-refractivity contribution is 5.94. The second kappa shape index (κ2) is 7.03. The number of carbonyl (C=O) groups excluding carboxylic acids is 1. The van der Waals surface area contributed by atoms with Crippen molar-refractivity contribution >= 4 is 22.8 Å². The number of nitrogens with zero attached hydrogens (tertiary/aromatic N) is 5. The number of benzene rings is 1. The quantitative estimate of drug-likeness (QED) is 0.706. The van der Waals surface area contributed by atoms with Crippen LogP contribution in [0.15, 0.2) is 36.5 Å². The predicted molar refractivity (Wildman–Crippen MR) is 102 cm³/mol. The summed E-state index contributed by atoms with van der Waals surface area (Å²) in [6, 6.07) is 9.60. The van der Waals surface area contributed by atoms with E-state index in [1.165, 1.54) is 0 Å². The summed E-state index contributed by atoms with van der Waals surface area (Å²) >= 11 is 0. The number of amides is 1. The summed E-state index contributed by atoms with van der Waals surface area (Å²) < 4.78 is 1.64. The lowest BCUT2D eigenvalue weighted by molar-refractivity contribution is -0.141. The van der Waals surface area contributed by atoms with Crippen molar-refractivity contribution in [2.75, 3.05) is 6.54 Å². The Kier molecular flexibility index (Phi) is 4.54. The van der Waals surface area contributed by atoms with E-state index in [9.17, 15) is 14.7 Å². The van der Waals surface area contributed by atoms with Crippen molar-refractivity contribution in [2.45, 2.75) is 32.7 Å². The van der Waals surface area contributed by atoms with Crippen molar-refractivity contribution in [1.29, 1.82) is 0 Å². The van der Waals surface area contributed by atoms with E-state index in [0.29, 0.717) is 5.69 Å². The highest BCUT2D eigenvalue weighted by atomic mass is 16.4. The third-order valence-electron chi connectivity index (χ3n) is 5.09. The molecule has 1 fully saturated rings. The van der Waals surface area contributed by atoms with Crippen molar-refractivity contribution < 1.29 is 14.7 Å². The maximum Gasteiger partial charge on any atom is 0.308 e. The fourth-order valence-electron chi connectivity index (χ4n) is 3.32. The summed E-state index contributed by atoms with van der Waals surface area (Å²) in [4.78, 5) is 30.3. The van der Waals surface area contributed by atoms with Crippen LogP contribution in [0.2, 0.25) is 0 Å². The summed E-state index contributed by atoms with van der Waals surface area (Å²) in [6.07, 6.45) is 3.51. The minimum atomic E-state index is -0.915. The Morgan fingerprint density at radius 3 is 2.79 bits per heavy atom. The molecule has 8 heteroatoms. The number of aromatic nitrogens is 4. The van der Waals surface area contributed by atoms with E-state index >= 15 is 0 Å². The van der Waals surface area contributed by atoms with Crippen molar-refractivity contribution in [2.24, 2.45) is 5.92 Å². The Hall–Kier alpha value is -3.29. The van der Waals surface area contributed by atoms with Crippen LogP contribution in [0.4, 0.5) is 0 Å². The molecule has 1 atom stereocenters. The van der Waals surface area contributed by atoms with E-state index in [4.69, 9.17) is 0 Å². The maximum absolute atomic E-state index is 13.1. The van der Waals surface area contributed by atoms with Crippen LogP contribution in [0.25, 0.3) is 16.6 Å². The molecule has 0 aliphatic heterocycles. The molecule has 0 bridgehead atoms. The molecule has 0 radical (unpaired) electrons. The average molecular weight is 379 g/mol. The molecule has 2 aromatic heterocycles. The second-order valence-electron chi connectivity index (χ2n) is 7.21. The molecule has 1 amide bonds. The van der Waals surface area contributed by atoms with E-state index in [1.807, 2.05) is 30.3 Å². The molecule has 1 saturated carbocycles. The average Bonchev–Trinajstić information content (AvgIpc) is 3.46. The normalized spacial score (nSPS) is 14.8. The van der Waals surface area contributed by atoms with E-state index < -0.39 is 11.9 Å². The topological polar surface area (TPSA) is 101 Å². The number of hydrogen-bond donors (Lipinski definition) is 1. The van der Waals surface area contributed by atoms with Crippen LogP contribution in [0, 0.1) is 12.8 Å². The lowest BCUT2D eigenvalue weighted by atomic mass is 10.1. The van der Waals surface area contributed by atoms with Gasteiger partial charge in [-0.25, -0.2) is 4.68 Å². The fourth-order valence-corrected chi connectivity index (χ4v) is 3.32. The van der Waals surface area contributed by atoms with Crippen LogP contribution in [0.3, 0.4) is 0 Å². The number of fused-ring (bicyclic) bond motifs is 1. The largest absolute Gasteiger partial charge is 0.481 e. The Morgan fingerprint density at radius 2 is 2.07 bits per heavy atom. The number of aliphatic carboxylic acids is 1. The molecule has 0 spiro atoms. The second-order valence-corrected chi connectivity index (χ2v) is 7.21. The van der Waals surface area contributed by atoms with Gasteiger partial charge in [-0.15, -0.1) is 5.10 Å². The molecule has 2 heterocycles. The van der Waals surface area contributed by atoms with Gasteiger partial charge in [0.05, 0.1) is 22.8 Å². The van der Waals surface area contributed by atoms with Gasteiger partial charge in [0, 0.05) is 24.2 Å². The van der Waals surface area contributed by atoms with E-state index in [2.05, 4.69) is 15.3 Å². The van der Waals surface area contributed by atoms with Crippen LogP contribution in [0.1, 0.15) is 35.9 Å². The van der Waals surface area contributed by atoms with Crippen LogP contribution < -0.4 is 0 Å². The molecule has 4 rings (SSSR count). The van der Waals surface area contributed by atoms with Gasteiger partial charge >= 0.3 is 5.97 Å². The van der Waals surface area contributed by atoms with Gasteiger partial charge in [0.1, 0.15) is 0 Å². The zero-order valence-corrected chi connectivity index (χ0v) is 15.7. The Labute approximate surface area is 161 Å². The predicted octanol–water partition coefficient (Wildman–Crippen LogP) is 2.45. The number of pyridine rings is 1. The van der Waals surface area contributed by atoms with Crippen molar-refractivity contribution in [3.63, 3.8) is 0 Å². The first-order valence-corrected chi connectivity index (χ1v) is 9.27. The van der Waals surface area contributed by atoms with Gasteiger partial charge in [0.25, 0.3) is 5.91 Å². The summed E-state index contributed by atoms with van der Waals surface area (Å²) in [7, 11) is 0. The van der Waals surface area contributed by atoms with Crippen molar-refractivity contribution in [3.8, 4) is 5.69 Å². The Balaban J connectivity index is 1.69. The number of rotatable bonds is 6. The molecule has 1 N–H and O–H groups in total. The molecule has 8 nitrogen and oxygen atoms in total. The standard InChI is InChI=1S/C20H21N5O3/c1-12(20(27)28)11-24(14-8-9-14)19(26)18-13(2)25(23-22-18)17-7-3-6-16-15(17)5-4-10-21-16/h3-7,10,12,14H,8-9,11H2,1-2H3,(H,27,28). The number of carboxylic acid groups (broad SMARTS) is 1. The molecule has 1 aliphatic rings. The molecule has 1 aromatic carbocycles. The van der Waals surface area contributed by atoms with Gasteiger partial charge in [0.15, 0.2) is 5.69 Å². The first-order valence-electron chi connectivity index (χ1n) is 9.27. The number of carbonyl (C=O) groups is 2.